The molecule has 0 aliphatic heterocycles. The summed E-state index contributed by atoms with van der Waals surface area (Å²) >= 11 is 0. The normalized spacial score (nSPS) is 13.2. The molecule has 0 aliphatic carbocycles. The van der Waals surface area contributed by atoms with Crippen LogP contribution in [-0.4, -0.2) is 40.4 Å². The van der Waals surface area contributed by atoms with Crippen molar-refractivity contribution in [2.75, 3.05) is 13.6 Å². The molecule has 1 aromatic heterocycles. The van der Waals surface area contributed by atoms with Crippen LogP contribution >= 0.6 is 0 Å². The van der Waals surface area contributed by atoms with Gasteiger partial charge in [-0.2, -0.15) is 0 Å². The van der Waals surface area contributed by atoms with Crippen LogP contribution in [0.1, 0.15) is 50.3 Å². The number of aryl methyl sites for hydroxylation is 2. The van der Waals surface area contributed by atoms with Crippen molar-refractivity contribution in [2.45, 2.75) is 52.7 Å². The third-order valence-electron chi connectivity index (χ3n) is 3.11. The van der Waals surface area contributed by atoms with Crippen molar-refractivity contribution in [1.29, 1.82) is 0 Å². The van der Waals surface area contributed by atoms with Crippen molar-refractivity contribution in [2.24, 2.45) is 0 Å². The monoisotopic (exact) mass is 283 g/mol. The largest absolute Gasteiger partial charge is 0.389 e. The molecular weight excluding hydrogens is 258 g/mol. The van der Waals surface area contributed by atoms with Crippen LogP contribution in [0.25, 0.3) is 0 Å². The Morgan fingerprint density at radius 1 is 1.50 bits per heavy atom. The molecule has 0 bridgehead atoms. The topological polar surface area (TPSA) is 78.6 Å². The summed E-state index contributed by atoms with van der Waals surface area (Å²) in [6, 6.07) is -0.364. The van der Waals surface area contributed by atoms with E-state index >= 15 is 0 Å². The van der Waals surface area contributed by atoms with Gasteiger partial charge in [-0.15, -0.1) is 0 Å². The SMILES string of the molecule is CCC(NC(=O)N(C)CC(C)(C)O)c1c(C)noc1C. The molecule has 1 heterocycles. The average Bonchev–Trinajstić information content (AvgIpc) is 2.64. The number of hydrogen-bond acceptors (Lipinski definition) is 4. The molecule has 0 aromatic carbocycles. The van der Waals surface area contributed by atoms with E-state index in [-0.39, 0.29) is 18.6 Å². The van der Waals surface area contributed by atoms with E-state index in [2.05, 4.69) is 10.5 Å². The van der Waals surface area contributed by atoms with Gasteiger partial charge in [-0.3, -0.25) is 0 Å². The van der Waals surface area contributed by atoms with E-state index in [9.17, 15) is 9.90 Å². The lowest BCUT2D eigenvalue weighted by Gasteiger charge is -2.27. The van der Waals surface area contributed by atoms with Gasteiger partial charge in [0.15, 0.2) is 0 Å². The molecule has 6 nitrogen and oxygen atoms in total. The lowest BCUT2D eigenvalue weighted by molar-refractivity contribution is 0.0527. The molecule has 1 unspecified atom stereocenters. The zero-order valence-electron chi connectivity index (χ0n) is 13.1. The molecule has 6 heteroatoms. The summed E-state index contributed by atoms with van der Waals surface area (Å²) in [5.41, 5.74) is 0.800. The van der Waals surface area contributed by atoms with E-state index in [0.29, 0.717) is 0 Å². The second kappa shape index (κ2) is 6.26. The highest BCUT2D eigenvalue weighted by molar-refractivity contribution is 5.74. The predicted molar refractivity (Wildman–Crippen MR) is 76.5 cm³/mol. The summed E-state index contributed by atoms with van der Waals surface area (Å²) < 4.78 is 5.15. The Balaban J connectivity index is 2.77. The van der Waals surface area contributed by atoms with E-state index in [4.69, 9.17) is 4.52 Å². The number of aliphatic hydroxyl groups is 1. The molecule has 1 aromatic rings. The van der Waals surface area contributed by atoms with E-state index in [1.165, 1.54) is 4.90 Å². The summed E-state index contributed by atoms with van der Waals surface area (Å²) in [6.45, 7) is 9.29. The zero-order valence-corrected chi connectivity index (χ0v) is 13.1. The van der Waals surface area contributed by atoms with E-state index < -0.39 is 5.60 Å². The van der Waals surface area contributed by atoms with Crippen molar-refractivity contribution in [3.63, 3.8) is 0 Å². The van der Waals surface area contributed by atoms with Gasteiger partial charge >= 0.3 is 6.03 Å². The number of hydrogen-bond donors (Lipinski definition) is 2. The number of aromatic nitrogens is 1. The Morgan fingerprint density at radius 3 is 2.50 bits per heavy atom. The Bertz CT molecular complexity index is 443. The summed E-state index contributed by atoms with van der Waals surface area (Å²) in [5, 5.41) is 16.6. The van der Waals surface area contributed by atoms with Gasteiger partial charge in [-0.1, -0.05) is 12.1 Å². The number of nitrogens with zero attached hydrogens (tertiary/aromatic N) is 2. The molecule has 1 atom stereocenters. The number of carbonyl (C=O) groups excluding carboxylic acids is 1. The van der Waals surface area contributed by atoms with Gasteiger partial charge in [0.2, 0.25) is 0 Å². The van der Waals surface area contributed by atoms with Gasteiger partial charge in [-0.25, -0.2) is 4.79 Å². The highest BCUT2D eigenvalue weighted by atomic mass is 16.5. The Hall–Kier alpha value is -1.56. The van der Waals surface area contributed by atoms with Crippen LogP contribution in [0.5, 0.6) is 0 Å². The number of nitrogens with one attached hydrogen (secondary N) is 1. The predicted octanol–water partition coefficient (Wildman–Crippen LogP) is 2.15. The molecule has 0 spiro atoms. The van der Waals surface area contributed by atoms with Crippen LogP contribution in [0.3, 0.4) is 0 Å². The fourth-order valence-corrected chi connectivity index (χ4v) is 2.28. The second-order valence-electron chi connectivity index (χ2n) is 5.82. The van der Waals surface area contributed by atoms with Crippen LogP contribution in [-0.2, 0) is 0 Å². The zero-order chi connectivity index (χ0) is 15.5. The molecule has 0 saturated heterocycles. The highest BCUT2D eigenvalue weighted by Crippen LogP contribution is 2.24. The summed E-state index contributed by atoms with van der Waals surface area (Å²) in [6.07, 6.45) is 0.741. The fraction of sp³-hybridized carbons (Fsp3) is 0.714. The first-order chi connectivity index (χ1) is 9.15. The van der Waals surface area contributed by atoms with Crippen molar-refractivity contribution < 1.29 is 14.4 Å². The molecule has 0 radical (unpaired) electrons. The van der Waals surface area contributed by atoms with Crippen molar-refractivity contribution in [3.8, 4) is 0 Å². The van der Waals surface area contributed by atoms with Crippen LogP contribution in [0, 0.1) is 13.8 Å². The van der Waals surface area contributed by atoms with E-state index in [1.54, 1.807) is 20.9 Å². The molecular formula is C14H25N3O3. The first-order valence-electron chi connectivity index (χ1n) is 6.82. The molecule has 0 fully saturated rings. The number of carbonyl (C=O) groups is 1. The van der Waals surface area contributed by atoms with Gasteiger partial charge in [-0.05, 0) is 34.1 Å². The molecule has 0 saturated carbocycles. The molecule has 1 rings (SSSR count). The lowest BCUT2D eigenvalue weighted by Crippen LogP contribution is -2.45. The fourth-order valence-electron chi connectivity index (χ4n) is 2.28. The first kappa shape index (κ1) is 16.5. The quantitative estimate of drug-likeness (QED) is 0.868. The Morgan fingerprint density at radius 2 is 2.10 bits per heavy atom. The Kier molecular flexibility index (Phi) is 5.16. The van der Waals surface area contributed by atoms with Crippen LogP contribution in [0.2, 0.25) is 0 Å². The van der Waals surface area contributed by atoms with Gasteiger partial charge in [0.25, 0.3) is 0 Å². The maximum atomic E-state index is 12.2. The number of likely N-dealkylation sites (N-methyl/N-ethyl adjacent to an activating group) is 1. The molecule has 2 amide bonds. The van der Waals surface area contributed by atoms with E-state index in [0.717, 1.165) is 23.4 Å². The minimum atomic E-state index is -0.920. The smallest absolute Gasteiger partial charge is 0.317 e. The van der Waals surface area contributed by atoms with Gasteiger partial charge in [0.05, 0.1) is 23.9 Å². The van der Waals surface area contributed by atoms with Gasteiger partial charge in [0.1, 0.15) is 5.76 Å². The Labute approximate surface area is 120 Å². The van der Waals surface area contributed by atoms with Crippen molar-refractivity contribution in [1.82, 2.24) is 15.4 Å². The molecule has 20 heavy (non-hydrogen) atoms. The minimum Gasteiger partial charge on any atom is -0.389 e. The highest BCUT2D eigenvalue weighted by Gasteiger charge is 2.24. The molecule has 2 N–H and O–H groups in total. The summed E-state index contributed by atoms with van der Waals surface area (Å²) in [7, 11) is 1.66. The van der Waals surface area contributed by atoms with Crippen LogP contribution in [0.15, 0.2) is 4.52 Å². The molecule has 0 aliphatic rings. The summed E-state index contributed by atoms with van der Waals surface area (Å²) in [4.78, 5) is 13.6. The number of urea groups is 1. The van der Waals surface area contributed by atoms with Crippen molar-refractivity contribution >= 4 is 6.03 Å². The van der Waals surface area contributed by atoms with Gasteiger partial charge in [0, 0.05) is 12.6 Å². The van der Waals surface area contributed by atoms with Crippen molar-refractivity contribution in [3.05, 3.63) is 17.0 Å². The standard InChI is InChI=1S/C14H25N3O3/c1-7-11(12-9(2)16-20-10(12)3)15-13(18)17(6)8-14(4,5)19/h11,19H,7-8H2,1-6H3,(H,15,18). The number of amides is 2. The lowest BCUT2D eigenvalue weighted by atomic mass is 10.0. The van der Waals surface area contributed by atoms with Gasteiger partial charge < -0.3 is 19.8 Å². The third kappa shape index (κ3) is 4.23. The second-order valence-corrected chi connectivity index (χ2v) is 5.82. The van der Waals surface area contributed by atoms with Crippen LogP contribution < -0.4 is 5.32 Å². The first-order valence-corrected chi connectivity index (χ1v) is 6.82. The molecule has 114 valence electrons. The summed E-state index contributed by atoms with van der Waals surface area (Å²) in [5.74, 6) is 0.722. The minimum absolute atomic E-state index is 0.141. The van der Waals surface area contributed by atoms with E-state index in [1.807, 2.05) is 20.8 Å². The third-order valence-corrected chi connectivity index (χ3v) is 3.11. The maximum Gasteiger partial charge on any atom is 0.317 e. The van der Waals surface area contributed by atoms with Crippen LogP contribution in [0.4, 0.5) is 4.79 Å². The maximum absolute atomic E-state index is 12.2. The average molecular weight is 283 g/mol. The number of rotatable bonds is 5.